The molecule has 0 aromatic carbocycles. The van der Waals surface area contributed by atoms with Crippen molar-refractivity contribution in [1.82, 2.24) is 20.0 Å². The fourth-order valence-electron chi connectivity index (χ4n) is 3.59. The number of nitrogen functional groups attached to an aromatic ring is 2. The van der Waals surface area contributed by atoms with Crippen LogP contribution >= 0.6 is 0 Å². The molecule has 0 radical (unpaired) electrons. The predicted octanol–water partition coefficient (Wildman–Crippen LogP) is 0.480. The summed E-state index contributed by atoms with van der Waals surface area (Å²) in [4.78, 5) is 38.6. The minimum absolute atomic E-state index is 0.0896. The Morgan fingerprint density at radius 1 is 1.00 bits per heavy atom. The summed E-state index contributed by atoms with van der Waals surface area (Å²) in [6.07, 6.45) is 7.30. The molecule has 2 aromatic rings. The highest BCUT2D eigenvalue weighted by molar-refractivity contribution is 5.97. The molecule has 0 bridgehead atoms. The van der Waals surface area contributed by atoms with Crippen molar-refractivity contribution in [1.29, 1.82) is 0 Å². The normalized spacial score (nSPS) is 19.7. The molecule has 41 heavy (non-hydrogen) atoms. The molecule has 16 heteroatoms. The molecule has 5 rings (SSSR count). The Morgan fingerprint density at radius 3 is 2.10 bits per heavy atom. The highest BCUT2D eigenvalue weighted by Gasteiger charge is 2.33. The Balaban J connectivity index is 0.000000207. The SMILES string of the molecule is NC(=O)c1cn[nH]c1N.O=C1CCOCC1.[C-]#[N+]C1=CCOCC1.[C-]#[N+][C@H]1CCOCC1n1cc(C(N)=O)c(N)n1. The van der Waals surface area contributed by atoms with Gasteiger partial charge in [-0.05, 0) is 0 Å². The summed E-state index contributed by atoms with van der Waals surface area (Å²) in [6, 6.07) is -0.416. The van der Waals surface area contributed by atoms with E-state index in [0.717, 1.165) is 12.1 Å². The zero-order valence-electron chi connectivity index (χ0n) is 22.5. The Morgan fingerprint density at radius 2 is 1.68 bits per heavy atom. The number of primary amides is 2. The topological polar surface area (TPSA) is 238 Å². The lowest BCUT2D eigenvalue weighted by atomic mass is 10.1. The average molecular weight is 571 g/mol. The summed E-state index contributed by atoms with van der Waals surface area (Å²) in [5.74, 6) is -0.549. The molecule has 2 atom stereocenters. The Bertz CT molecular complexity index is 1280. The number of aromatic amines is 1. The third-order valence-electron chi connectivity index (χ3n) is 5.89. The summed E-state index contributed by atoms with van der Waals surface area (Å²) in [6.45, 7) is 17.3. The average Bonchev–Trinajstić information content (AvgIpc) is 3.60. The van der Waals surface area contributed by atoms with Crippen molar-refractivity contribution in [3.05, 3.63) is 58.1 Å². The number of hydrogen-bond donors (Lipinski definition) is 5. The lowest BCUT2D eigenvalue weighted by Crippen LogP contribution is -2.32. The van der Waals surface area contributed by atoms with Crippen LogP contribution in [0.15, 0.2) is 24.2 Å². The van der Waals surface area contributed by atoms with Gasteiger partial charge in [0.15, 0.2) is 11.5 Å². The second-order valence-electron chi connectivity index (χ2n) is 8.74. The number of aromatic nitrogens is 4. The fourth-order valence-corrected chi connectivity index (χ4v) is 3.59. The molecule has 220 valence electrons. The monoisotopic (exact) mass is 570 g/mol. The van der Waals surface area contributed by atoms with Gasteiger partial charge in [0.25, 0.3) is 11.8 Å². The first-order chi connectivity index (χ1) is 19.7. The first-order valence-corrected chi connectivity index (χ1v) is 12.6. The van der Waals surface area contributed by atoms with Crippen LogP contribution in [0.1, 0.15) is 52.4 Å². The number of nitrogens with two attached hydrogens (primary N) is 4. The van der Waals surface area contributed by atoms with Crippen molar-refractivity contribution >= 4 is 29.2 Å². The molecule has 2 saturated heterocycles. The number of carbonyl (C=O) groups excluding carboxylic acids is 3. The number of Topliss-reactive ketones (excluding diaryl/α,β-unsaturated/α-hetero) is 1. The largest absolute Gasteiger partial charge is 0.383 e. The summed E-state index contributed by atoms with van der Waals surface area (Å²) in [7, 11) is 0. The van der Waals surface area contributed by atoms with Crippen molar-refractivity contribution in [2.45, 2.75) is 37.8 Å². The molecule has 16 nitrogen and oxygen atoms in total. The third kappa shape index (κ3) is 10.7. The maximum absolute atomic E-state index is 11.1. The number of ketones is 1. The number of carbonyl (C=O) groups is 3. The molecule has 2 aromatic heterocycles. The van der Waals surface area contributed by atoms with Gasteiger partial charge in [-0.3, -0.25) is 24.2 Å². The van der Waals surface area contributed by atoms with Gasteiger partial charge in [0.05, 0.1) is 45.8 Å². The van der Waals surface area contributed by atoms with Gasteiger partial charge >= 0.3 is 0 Å². The number of nitrogens with one attached hydrogen (secondary N) is 1. The molecule has 1 unspecified atom stereocenters. The van der Waals surface area contributed by atoms with Gasteiger partial charge in [0.2, 0.25) is 6.04 Å². The third-order valence-corrected chi connectivity index (χ3v) is 5.89. The van der Waals surface area contributed by atoms with E-state index in [4.69, 9.17) is 50.3 Å². The number of hydrogen-bond acceptors (Lipinski definition) is 10. The first-order valence-electron chi connectivity index (χ1n) is 12.6. The minimum Gasteiger partial charge on any atom is -0.383 e. The summed E-state index contributed by atoms with van der Waals surface area (Å²) < 4.78 is 16.7. The molecule has 9 N–H and O–H groups in total. The van der Waals surface area contributed by atoms with E-state index in [1.54, 1.807) is 0 Å². The summed E-state index contributed by atoms with van der Waals surface area (Å²) >= 11 is 0. The predicted molar refractivity (Wildman–Crippen MR) is 147 cm³/mol. The van der Waals surface area contributed by atoms with Gasteiger partial charge in [-0.1, -0.05) is 6.08 Å². The van der Waals surface area contributed by atoms with Crippen LogP contribution in [0.5, 0.6) is 0 Å². The van der Waals surface area contributed by atoms with Gasteiger partial charge < -0.3 is 42.0 Å². The zero-order valence-corrected chi connectivity index (χ0v) is 22.5. The van der Waals surface area contributed by atoms with Crippen LogP contribution in [0.4, 0.5) is 11.6 Å². The Labute approximate surface area is 236 Å². The maximum atomic E-state index is 11.1. The van der Waals surface area contributed by atoms with Crippen molar-refractivity contribution in [3.63, 3.8) is 0 Å². The van der Waals surface area contributed by atoms with E-state index in [9.17, 15) is 14.4 Å². The molecule has 2 fully saturated rings. The van der Waals surface area contributed by atoms with E-state index in [0.29, 0.717) is 64.7 Å². The van der Waals surface area contributed by atoms with Crippen LogP contribution in [0, 0.1) is 13.1 Å². The van der Waals surface area contributed by atoms with Crippen LogP contribution in [-0.4, -0.2) is 83.3 Å². The maximum Gasteiger partial charge on any atom is 0.254 e. The lowest BCUT2D eigenvalue weighted by molar-refractivity contribution is -0.124. The van der Waals surface area contributed by atoms with Crippen LogP contribution in [0.3, 0.4) is 0 Å². The number of rotatable bonds is 3. The molecule has 0 aliphatic carbocycles. The van der Waals surface area contributed by atoms with Crippen LogP contribution in [0.2, 0.25) is 0 Å². The lowest BCUT2D eigenvalue weighted by Gasteiger charge is -2.23. The zero-order chi connectivity index (χ0) is 30.2. The van der Waals surface area contributed by atoms with Crippen LogP contribution < -0.4 is 22.9 Å². The van der Waals surface area contributed by atoms with Crippen molar-refractivity contribution in [3.8, 4) is 0 Å². The van der Waals surface area contributed by atoms with Gasteiger partial charge in [-0.25, -0.2) is 11.4 Å². The molecule has 3 aliphatic rings. The van der Waals surface area contributed by atoms with Crippen molar-refractivity contribution in [2.75, 3.05) is 51.1 Å². The van der Waals surface area contributed by atoms with Crippen LogP contribution in [0.25, 0.3) is 9.69 Å². The van der Waals surface area contributed by atoms with Gasteiger partial charge in [0.1, 0.15) is 28.8 Å². The molecule has 3 aliphatic heterocycles. The number of nitrogens with zero attached hydrogens (tertiary/aromatic N) is 5. The van der Waals surface area contributed by atoms with E-state index in [2.05, 4.69) is 25.0 Å². The summed E-state index contributed by atoms with van der Waals surface area (Å²) in [5.41, 5.74) is 22.1. The summed E-state index contributed by atoms with van der Waals surface area (Å²) in [5, 5.41) is 9.89. The molecule has 5 heterocycles. The van der Waals surface area contributed by atoms with E-state index < -0.39 is 11.8 Å². The van der Waals surface area contributed by atoms with E-state index in [1.807, 2.05) is 6.08 Å². The second-order valence-corrected chi connectivity index (χ2v) is 8.74. The van der Waals surface area contributed by atoms with Gasteiger partial charge in [-0.2, -0.15) is 10.2 Å². The Kier molecular flexibility index (Phi) is 13.5. The standard InChI is InChI=1S/C10H13N5O2.C6H7NO.C5H8O2.C4H6N4O/c1-13-7-2-3-17-5-8(7)15-4-6(10(12)16)9(11)14-15;1-7-6-2-4-8-5-3-6;6-5-1-3-7-4-2-5;5-3-2(4(6)9)1-7-8-3/h4,7-8H,2-3,5H2,(H2,11,14)(H2,12,16);2H,3-5H2;1-4H2;1H,(H2,6,9)(H3,5,7,8)/t7-,8?;;;/m0.../s1. The van der Waals surface area contributed by atoms with Gasteiger partial charge in [-0.15, -0.1) is 0 Å². The second kappa shape index (κ2) is 17.0. The quantitative estimate of drug-likeness (QED) is 0.320. The van der Waals surface area contributed by atoms with Crippen molar-refractivity contribution < 1.29 is 28.6 Å². The van der Waals surface area contributed by atoms with Gasteiger partial charge in [0, 0.05) is 38.5 Å². The van der Waals surface area contributed by atoms with Crippen LogP contribution in [-0.2, 0) is 19.0 Å². The minimum atomic E-state index is -0.621. The number of anilines is 2. The van der Waals surface area contributed by atoms with Crippen molar-refractivity contribution in [2.24, 2.45) is 11.5 Å². The molecule has 2 amide bonds. The molecular formula is C25H34N10O6. The number of ether oxygens (including phenoxy) is 3. The Hall–Kier alpha value is -4.77. The number of amides is 2. The smallest absolute Gasteiger partial charge is 0.254 e. The highest BCUT2D eigenvalue weighted by Crippen LogP contribution is 2.24. The molecule has 0 saturated carbocycles. The van der Waals surface area contributed by atoms with E-state index >= 15 is 0 Å². The molecule has 0 spiro atoms. The van der Waals surface area contributed by atoms with E-state index in [-0.39, 0.29) is 34.8 Å². The fraction of sp³-hybridized carbons (Fsp3) is 0.480. The first kappa shape index (κ1) is 32.4. The molecular weight excluding hydrogens is 536 g/mol. The highest BCUT2D eigenvalue weighted by atomic mass is 16.5. The number of H-pyrrole nitrogens is 1. The van der Waals surface area contributed by atoms with E-state index in [1.165, 1.54) is 17.1 Å².